The molecule has 2 aromatic heterocycles. The van der Waals surface area contributed by atoms with Gasteiger partial charge in [0.2, 0.25) is 11.8 Å². The highest BCUT2D eigenvalue weighted by Gasteiger charge is 2.33. The van der Waals surface area contributed by atoms with Gasteiger partial charge in [-0.1, -0.05) is 48.0 Å². The molecule has 644 valence electrons. The Morgan fingerprint density at radius 1 is 0.350 bits per heavy atom. The van der Waals surface area contributed by atoms with Crippen molar-refractivity contribution < 1.29 is 56.1 Å². The number of piperazine rings is 5. The number of aromatic nitrogens is 2. The molecule has 25 nitrogen and oxygen atoms in total. The molecular formula is C95H109F3N16O9. The smallest absolute Gasteiger partial charge is 0.255 e. The minimum atomic E-state index is -0.338. The van der Waals surface area contributed by atoms with Crippen molar-refractivity contribution in [1.29, 1.82) is 0 Å². The summed E-state index contributed by atoms with van der Waals surface area (Å²) in [7, 11) is 0. The van der Waals surface area contributed by atoms with E-state index >= 15 is 0 Å². The first-order valence-corrected chi connectivity index (χ1v) is 43.1. The third kappa shape index (κ3) is 21.8. The van der Waals surface area contributed by atoms with E-state index in [4.69, 9.17) is 19.9 Å². The Morgan fingerprint density at radius 3 is 1.03 bits per heavy atom. The lowest BCUT2D eigenvalue weighted by Gasteiger charge is -2.35. The number of anilines is 2. The summed E-state index contributed by atoms with van der Waals surface area (Å²) in [4.78, 5) is 105. The second-order valence-corrected chi connectivity index (χ2v) is 32.7. The topological polar surface area (TPSA) is 268 Å². The minimum absolute atomic E-state index is 0.00341. The van der Waals surface area contributed by atoms with Crippen LogP contribution in [0.25, 0.3) is 33.4 Å². The molecule has 8 aliphatic heterocycles. The van der Waals surface area contributed by atoms with E-state index in [0.717, 1.165) is 173 Å². The number of carbonyl (C=O) groups excluding carboxylic acids is 6. The first-order valence-electron chi connectivity index (χ1n) is 43.1. The van der Waals surface area contributed by atoms with Crippen LogP contribution in [0.4, 0.5) is 24.5 Å². The molecule has 7 aromatic carbocycles. The van der Waals surface area contributed by atoms with E-state index in [0.29, 0.717) is 147 Å². The molecule has 0 saturated carbocycles. The Balaban J connectivity index is 0.000000143. The van der Waals surface area contributed by atoms with Gasteiger partial charge in [0, 0.05) is 213 Å². The van der Waals surface area contributed by atoms with Crippen LogP contribution in [0.15, 0.2) is 170 Å². The van der Waals surface area contributed by atoms with Gasteiger partial charge in [0.05, 0.1) is 11.1 Å². The highest BCUT2D eigenvalue weighted by molar-refractivity contribution is 6.00. The van der Waals surface area contributed by atoms with Crippen molar-refractivity contribution in [2.45, 2.75) is 64.8 Å². The predicted molar refractivity (Wildman–Crippen MR) is 469 cm³/mol. The number of ether oxygens (including phenoxy) is 3. The summed E-state index contributed by atoms with van der Waals surface area (Å²) >= 11 is 0. The first kappa shape index (κ1) is 86.2. The number of nitrogens with one attached hydrogen (secondary N) is 5. The first-order chi connectivity index (χ1) is 59.8. The molecule has 10 heterocycles. The molecule has 0 bridgehead atoms. The van der Waals surface area contributed by atoms with Crippen LogP contribution in [0, 0.1) is 38.2 Å². The predicted octanol–water partition coefficient (Wildman–Crippen LogP) is 9.53. The van der Waals surface area contributed by atoms with Crippen molar-refractivity contribution in [3.63, 3.8) is 0 Å². The Hall–Kier alpha value is -11.8. The van der Waals surface area contributed by atoms with Gasteiger partial charge in [0.15, 0.2) is 0 Å². The van der Waals surface area contributed by atoms with Crippen LogP contribution in [0.2, 0.25) is 0 Å². The molecule has 8 fully saturated rings. The monoisotopic (exact) mass is 1670 g/mol. The highest BCUT2D eigenvalue weighted by Crippen LogP contribution is 2.37. The fourth-order valence-electron chi connectivity index (χ4n) is 17.0. The summed E-state index contributed by atoms with van der Waals surface area (Å²) < 4.78 is 59.5. The lowest BCUT2D eigenvalue weighted by atomic mass is 10.0. The van der Waals surface area contributed by atoms with Crippen molar-refractivity contribution in [1.82, 2.24) is 66.0 Å². The lowest BCUT2D eigenvalue weighted by Crippen LogP contribution is -2.50. The molecule has 0 aliphatic carbocycles. The van der Waals surface area contributed by atoms with Crippen LogP contribution < -0.4 is 56.3 Å². The maximum absolute atomic E-state index is 13.7. The summed E-state index contributed by atoms with van der Waals surface area (Å²) in [5, 5.41) is 16.6. The number of amides is 6. The molecule has 0 spiro atoms. The van der Waals surface area contributed by atoms with Gasteiger partial charge < -0.3 is 85.7 Å². The van der Waals surface area contributed by atoms with Crippen molar-refractivity contribution in [3.05, 3.63) is 243 Å². The fourth-order valence-corrected chi connectivity index (χ4v) is 17.0. The molecule has 0 radical (unpaired) electrons. The average molecular weight is 1680 g/mol. The highest BCUT2D eigenvalue weighted by atomic mass is 19.1. The molecule has 8 aliphatic rings. The van der Waals surface area contributed by atoms with Crippen LogP contribution >= 0.6 is 0 Å². The molecule has 3 atom stereocenters. The van der Waals surface area contributed by atoms with E-state index in [-0.39, 0.29) is 71.2 Å². The zero-order chi connectivity index (χ0) is 85.5. The third-order valence-corrected chi connectivity index (χ3v) is 23.7. The van der Waals surface area contributed by atoms with Crippen LogP contribution in [0.5, 0.6) is 17.5 Å². The van der Waals surface area contributed by atoms with Crippen LogP contribution in [-0.2, 0) is 6.42 Å². The summed E-state index contributed by atoms with van der Waals surface area (Å²) in [5.41, 5.74) is 19.8. The normalized spacial score (nSPS) is 18.6. The number of hydrogen-bond donors (Lipinski definition) is 6. The van der Waals surface area contributed by atoms with E-state index in [2.05, 4.69) is 64.6 Å². The summed E-state index contributed by atoms with van der Waals surface area (Å²) in [6, 6.07) is 45.5. The maximum Gasteiger partial charge on any atom is 0.255 e. The Labute approximate surface area is 716 Å². The van der Waals surface area contributed by atoms with Gasteiger partial charge in [-0.15, -0.1) is 0 Å². The largest absolute Gasteiger partial charge is 0.488 e. The number of nitrogens with zero attached hydrogens (tertiary/aromatic N) is 10. The zero-order valence-electron chi connectivity index (χ0n) is 70.2. The van der Waals surface area contributed by atoms with E-state index in [1.165, 1.54) is 42.6 Å². The summed E-state index contributed by atoms with van der Waals surface area (Å²) in [6.45, 7) is 24.2. The van der Waals surface area contributed by atoms with Crippen molar-refractivity contribution in [2.24, 2.45) is 5.73 Å². The SMILES string of the molecule is Cc1cc(C(=O)N2CCN(C(=O)c3ccc(O[C@H]4CCNC4)c(-c4ccc(F)cc4)c3)CC2)cc(N2CCNCC2)c1.Cc1cc(C(=O)N2CCN(C(=O)c3cnc(O[C@H]4CCNC4)c(-c4ccc(F)cc4)c3)CC2)cc(N2CCNCC2)c1.Cc1cc(CCN)cc(C(=O)N2CCN(C(=O)c3cnc(O[C@H]4CCNC4)c(-c4ccc(F)cc4)c3)CC2)c1. The lowest BCUT2D eigenvalue weighted by molar-refractivity contribution is 0.0535. The number of aryl methyl sites for hydroxylation is 3. The van der Waals surface area contributed by atoms with Crippen molar-refractivity contribution in [3.8, 4) is 50.9 Å². The molecule has 17 rings (SSSR count). The van der Waals surface area contributed by atoms with Gasteiger partial charge >= 0.3 is 0 Å². The van der Waals surface area contributed by atoms with Gasteiger partial charge in [0.1, 0.15) is 41.5 Å². The second kappa shape index (κ2) is 40.5. The zero-order valence-corrected chi connectivity index (χ0v) is 70.2. The number of pyridine rings is 2. The quantitative estimate of drug-likeness (QED) is 0.0440. The molecule has 8 saturated heterocycles. The van der Waals surface area contributed by atoms with E-state index in [9.17, 15) is 41.9 Å². The Morgan fingerprint density at radius 2 is 0.675 bits per heavy atom. The molecule has 28 heteroatoms. The number of hydrogen-bond acceptors (Lipinski definition) is 19. The Kier molecular flexibility index (Phi) is 28.4. The van der Waals surface area contributed by atoms with E-state index in [1.807, 2.05) is 79.1 Å². The number of halogens is 3. The Bertz CT molecular complexity index is 4990. The number of rotatable bonds is 19. The maximum atomic E-state index is 13.7. The van der Waals surface area contributed by atoms with Crippen LogP contribution in [0.1, 0.15) is 104 Å². The fraction of sp³-hybridized carbons (Fsp3) is 0.389. The molecule has 6 amide bonds. The van der Waals surface area contributed by atoms with Gasteiger partial charge in [-0.05, 0) is 221 Å². The molecule has 123 heavy (non-hydrogen) atoms. The van der Waals surface area contributed by atoms with Crippen LogP contribution in [0.3, 0.4) is 0 Å². The molecule has 7 N–H and O–H groups in total. The van der Waals surface area contributed by atoms with Crippen molar-refractivity contribution >= 4 is 46.8 Å². The molecule has 9 aromatic rings. The second-order valence-electron chi connectivity index (χ2n) is 32.7. The molecular weight excluding hydrogens is 1570 g/mol. The summed E-state index contributed by atoms with van der Waals surface area (Å²) in [6.07, 6.45) is 6.49. The van der Waals surface area contributed by atoms with E-state index < -0.39 is 0 Å². The molecule has 0 unspecified atom stereocenters. The van der Waals surface area contributed by atoms with E-state index in [1.54, 1.807) is 80.4 Å². The summed E-state index contributed by atoms with van der Waals surface area (Å²) in [5.74, 6) is 0.116. The van der Waals surface area contributed by atoms with Crippen molar-refractivity contribution in [2.75, 3.05) is 187 Å². The average Bonchev–Trinajstić information content (AvgIpc) is 1.39. The van der Waals surface area contributed by atoms with Gasteiger partial charge in [-0.3, -0.25) is 28.8 Å². The third-order valence-electron chi connectivity index (χ3n) is 23.7. The van der Waals surface area contributed by atoms with Crippen LogP contribution in [-0.4, -0.2) is 270 Å². The number of carbonyl (C=O) groups is 6. The van der Waals surface area contributed by atoms with Gasteiger partial charge in [-0.25, -0.2) is 23.1 Å². The minimum Gasteiger partial charge on any atom is -0.488 e. The van der Waals surface area contributed by atoms with Gasteiger partial charge in [0.25, 0.3) is 35.4 Å². The van der Waals surface area contributed by atoms with Gasteiger partial charge in [-0.2, -0.15) is 0 Å². The number of nitrogens with two attached hydrogens (primary N) is 1. The number of benzene rings is 7. The standard InChI is InChI=1S/C33H38FN5O3.C32H37FN6O3.C30H34FN5O3/c1-23-18-26(20-28(19-23)37-12-10-35-11-13-37)33(41)39-16-14-38(15-17-39)32(40)25-4-7-31(42-29-8-9-36-22-29)30(21-25)24-2-5-27(34)6-3-24;1-22-16-24(18-27(17-22)37-10-8-34-9-11-37)31(40)38-12-14-39(15-13-38)32(41)25-19-29(23-2-4-26(33)5-3-23)30(36-20-25)42-28-6-7-35-21-28;1-20-14-21(6-8-32)16-23(15-20)29(37)35-10-12-36(13-11-35)30(38)24-17-27(22-2-4-25(31)5-3-22)28(34-18-24)39-26-7-9-33-19-26/h2-7,18-21,29,35-36H,8-17,22H2,1H3;2-5,16-20,28,34-35H,6-15,21H2,1H3;2-5,14-18,26,33H,6-13,19,32H2,1H3/t29-;28-;26-/m000/s1.